The van der Waals surface area contributed by atoms with Crippen molar-refractivity contribution in [1.29, 1.82) is 0 Å². The van der Waals surface area contributed by atoms with Gasteiger partial charge in [-0.15, -0.1) is 0 Å². The van der Waals surface area contributed by atoms with E-state index in [0.29, 0.717) is 18.8 Å². The van der Waals surface area contributed by atoms with Gasteiger partial charge in [0.25, 0.3) is 10.0 Å². The number of amides is 1. The van der Waals surface area contributed by atoms with Crippen molar-refractivity contribution in [1.82, 2.24) is 4.90 Å². The lowest BCUT2D eigenvalue weighted by molar-refractivity contribution is -0.129. The first-order chi connectivity index (χ1) is 12.3. The van der Waals surface area contributed by atoms with Crippen LogP contribution in [0.3, 0.4) is 0 Å². The SMILES string of the molecule is Bc1ccc(S(=O)(=O)N(CC(=O)N(CC)CC)c2ccc(C)cc2)cc1. The van der Waals surface area contributed by atoms with Crippen LogP contribution in [0.5, 0.6) is 0 Å². The van der Waals surface area contributed by atoms with Crippen molar-refractivity contribution in [3.05, 3.63) is 54.1 Å². The van der Waals surface area contributed by atoms with E-state index in [1.165, 1.54) is 4.31 Å². The van der Waals surface area contributed by atoms with Crippen LogP contribution in [0, 0.1) is 6.92 Å². The predicted molar refractivity (Wildman–Crippen MR) is 108 cm³/mol. The molecule has 0 N–H and O–H groups in total. The summed E-state index contributed by atoms with van der Waals surface area (Å²) in [6.07, 6.45) is 0. The number of anilines is 1. The van der Waals surface area contributed by atoms with Gasteiger partial charge >= 0.3 is 0 Å². The lowest BCUT2D eigenvalue weighted by Crippen LogP contribution is -2.43. The van der Waals surface area contributed by atoms with Gasteiger partial charge in [0.05, 0.1) is 10.6 Å². The number of nitrogens with zero attached hydrogens (tertiary/aromatic N) is 2. The van der Waals surface area contributed by atoms with Crippen molar-refractivity contribution in [2.24, 2.45) is 0 Å². The average Bonchev–Trinajstić information content (AvgIpc) is 2.62. The molecule has 0 radical (unpaired) electrons. The third-order valence-electron chi connectivity index (χ3n) is 4.33. The van der Waals surface area contributed by atoms with Crippen LogP contribution in [0.2, 0.25) is 0 Å². The minimum Gasteiger partial charge on any atom is -0.342 e. The Morgan fingerprint density at radius 1 is 0.962 bits per heavy atom. The van der Waals surface area contributed by atoms with Crippen LogP contribution in [-0.2, 0) is 14.8 Å². The summed E-state index contributed by atoms with van der Waals surface area (Å²) in [5.41, 5.74) is 2.48. The van der Waals surface area contributed by atoms with Crippen LogP contribution < -0.4 is 9.77 Å². The van der Waals surface area contributed by atoms with Crippen molar-refractivity contribution in [3.63, 3.8) is 0 Å². The summed E-state index contributed by atoms with van der Waals surface area (Å²) in [4.78, 5) is 14.4. The summed E-state index contributed by atoms with van der Waals surface area (Å²) in [5, 5.41) is 0. The smallest absolute Gasteiger partial charge is 0.264 e. The Balaban J connectivity index is 2.47. The topological polar surface area (TPSA) is 57.7 Å². The highest BCUT2D eigenvalue weighted by molar-refractivity contribution is 7.92. The van der Waals surface area contributed by atoms with Gasteiger partial charge in [0.2, 0.25) is 5.91 Å². The average molecular weight is 372 g/mol. The highest BCUT2D eigenvalue weighted by atomic mass is 32.2. The molecule has 0 saturated heterocycles. The van der Waals surface area contributed by atoms with E-state index in [0.717, 1.165) is 11.0 Å². The first-order valence-electron chi connectivity index (χ1n) is 8.73. The molecule has 26 heavy (non-hydrogen) atoms. The zero-order valence-corrected chi connectivity index (χ0v) is 16.6. The van der Waals surface area contributed by atoms with Crippen molar-refractivity contribution < 1.29 is 13.2 Å². The number of benzene rings is 2. The third-order valence-corrected chi connectivity index (χ3v) is 6.11. The van der Waals surface area contributed by atoms with E-state index in [2.05, 4.69) is 0 Å². The lowest BCUT2D eigenvalue weighted by atomic mass is 9.97. The number of rotatable bonds is 7. The summed E-state index contributed by atoms with van der Waals surface area (Å²) in [6, 6.07) is 13.8. The fourth-order valence-corrected chi connectivity index (χ4v) is 4.08. The molecule has 2 aromatic carbocycles. The van der Waals surface area contributed by atoms with Crippen molar-refractivity contribution >= 4 is 34.9 Å². The maximum Gasteiger partial charge on any atom is 0.264 e. The Morgan fingerprint density at radius 3 is 2.00 bits per heavy atom. The Kier molecular flexibility index (Phi) is 6.48. The second-order valence-corrected chi connectivity index (χ2v) is 8.09. The molecule has 0 aliphatic heterocycles. The second-order valence-electron chi connectivity index (χ2n) is 6.23. The Bertz CT molecular complexity index is 845. The number of hydrogen-bond donors (Lipinski definition) is 0. The Labute approximate surface area is 157 Å². The molecule has 0 saturated carbocycles. The molecular formula is C19H25BN2O3S. The molecule has 1 amide bonds. The summed E-state index contributed by atoms with van der Waals surface area (Å²) in [5.74, 6) is -0.216. The number of likely N-dealkylation sites (N-methyl/N-ethyl adjacent to an activating group) is 1. The van der Waals surface area contributed by atoms with Gasteiger partial charge in [-0.05, 0) is 45.0 Å². The quantitative estimate of drug-likeness (QED) is 0.689. The molecule has 138 valence electrons. The summed E-state index contributed by atoms with van der Waals surface area (Å²) < 4.78 is 27.6. The third kappa shape index (κ3) is 4.46. The largest absolute Gasteiger partial charge is 0.342 e. The highest BCUT2D eigenvalue weighted by Crippen LogP contribution is 2.24. The molecule has 2 aromatic rings. The predicted octanol–water partition coefficient (Wildman–Crippen LogP) is 1.32. The first-order valence-corrected chi connectivity index (χ1v) is 10.2. The van der Waals surface area contributed by atoms with Crippen LogP contribution >= 0.6 is 0 Å². The summed E-state index contributed by atoms with van der Waals surface area (Å²) in [6.45, 7) is 6.56. The molecule has 0 aliphatic carbocycles. The molecule has 0 spiro atoms. The Hall–Kier alpha value is -2.28. The fourth-order valence-electron chi connectivity index (χ4n) is 2.66. The van der Waals surface area contributed by atoms with Gasteiger partial charge in [0, 0.05) is 13.1 Å². The van der Waals surface area contributed by atoms with Gasteiger partial charge < -0.3 is 4.90 Å². The van der Waals surface area contributed by atoms with Crippen LogP contribution in [0.15, 0.2) is 53.4 Å². The van der Waals surface area contributed by atoms with Gasteiger partial charge in [-0.1, -0.05) is 35.3 Å². The minimum absolute atomic E-state index is 0.177. The molecule has 0 unspecified atom stereocenters. The minimum atomic E-state index is -3.84. The fraction of sp³-hybridized carbons (Fsp3) is 0.316. The first kappa shape index (κ1) is 20.0. The Morgan fingerprint density at radius 2 is 1.50 bits per heavy atom. The zero-order valence-electron chi connectivity index (χ0n) is 15.8. The van der Waals surface area contributed by atoms with Crippen LogP contribution in [0.25, 0.3) is 0 Å². The number of aryl methyl sites for hydroxylation is 1. The highest BCUT2D eigenvalue weighted by Gasteiger charge is 2.28. The monoisotopic (exact) mass is 372 g/mol. The van der Waals surface area contributed by atoms with Crippen molar-refractivity contribution in [2.75, 3.05) is 23.9 Å². The number of sulfonamides is 1. The van der Waals surface area contributed by atoms with Gasteiger partial charge in [0.1, 0.15) is 14.4 Å². The molecule has 0 atom stereocenters. The van der Waals surface area contributed by atoms with Crippen molar-refractivity contribution in [2.45, 2.75) is 25.7 Å². The summed E-state index contributed by atoms with van der Waals surface area (Å²) in [7, 11) is -1.94. The lowest BCUT2D eigenvalue weighted by Gasteiger charge is -2.27. The molecule has 0 fully saturated rings. The van der Waals surface area contributed by atoms with Gasteiger partial charge in [-0.3, -0.25) is 9.10 Å². The van der Waals surface area contributed by atoms with E-state index in [-0.39, 0.29) is 17.3 Å². The van der Waals surface area contributed by atoms with E-state index in [1.54, 1.807) is 41.3 Å². The number of carbonyl (C=O) groups excluding carboxylic acids is 1. The van der Waals surface area contributed by atoms with E-state index in [1.807, 2.05) is 40.8 Å². The van der Waals surface area contributed by atoms with Crippen molar-refractivity contribution in [3.8, 4) is 0 Å². The van der Waals surface area contributed by atoms with Gasteiger partial charge in [-0.25, -0.2) is 8.42 Å². The van der Waals surface area contributed by atoms with E-state index >= 15 is 0 Å². The molecule has 0 bridgehead atoms. The van der Waals surface area contributed by atoms with Crippen LogP contribution in [0.4, 0.5) is 5.69 Å². The molecule has 0 aliphatic rings. The second kappa shape index (κ2) is 8.40. The molecule has 0 aromatic heterocycles. The molecule has 2 rings (SSSR count). The standard InChI is InChI=1S/C19H25BN2O3S/c1-4-21(5-2)19(23)14-22(17-10-6-15(3)7-11-17)26(24,25)18-12-8-16(20)9-13-18/h6-13H,4-5,14,20H2,1-3H3. The number of hydrogen-bond acceptors (Lipinski definition) is 3. The normalized spacial score (nSPS) is 11.2. The molecule has 7 heteroatoms. The van der Waals surface area contributed by atoms with Gasteiger partial charge in [-0.2, -0.15) is 0 Å². The van der Waals surface area contributed by atoms with Gasteiger partial charge in [0.15, 0.2) is 0 Å². The number of carbonyl (C=O) groups is 1. The summed E-state index contributed by atoms with van der Waals surface area (Å²) >= 11 is 0. The maximum absolute atomic E-state index is 13.2. The van der Waals surface area contributed by atoms with Crippen LogP contribution in [-0.4, -0.2) is 46.7 Å². The van der Waals surface area contributed by atoms with E-state index in [4.69, 9.17) is 0 Å². The van der Waals surface area contributed by atoms with E-state index < -0.39 is 10.0 Å². The molecule has 0 heterocycles. The maximum atomic E-state index is 13.2. The van der Waals surface area contributed by atoms with Crippen LogP contribution in [0.1, 0.15) is 19.4 Å². The molecule has 5 nitrogen and oxygen atoms in total. The molecular weight excluding hydrogens is 347 g/mol. The van der Waals surface area contributed by atoms with E-state index in [9.17, 15) is 13.2 Å². The zero-order chi connectivity index (χ0) is 19.3.